The molecule has 0 aliphatic heterocycles. The molecule has 0 bridgehead atoms. The zero-order valence-corrected chi connectivity index (χ0v) is 18.4. The molecule has 0 aliphatic carbocycles. The number of unbranched alkanes of at least 4 members (excludes halogenated alkanes) is 1. The summed E-state index contributed by atoms with van der Waals surface area (Å²) < 4.78 is 5.00. The molecule has 0 fully saturated rings. The molecule has 2 aromatic rings. The molecule has 0 spiro atoms. The molecule has 0 unspecified atom stereocenters. The van der Waals surface area contributed by atoms with Gasteiger partial charge >= 0.3 is 5.97 Å². The van der Waals surface area contributed by atoms with Crippen LogP contribution in [0, 0.1) is 20.2 Å². The minimum absolute atomic E-state index is 0.0349. The number of nitro groups is 2. The van der Waals surface area contributed by atoms with Crippen LogP contribution in [0.3, 0.4) is 0 Å². The van der Waals surface area contributed by atoms with Crippen LogP contribution in [0.4, 0.5) is 11.4 Å². The Morgan fingerprint density at radius 3 is 2.00 bits per heavy atom. The molecule has 2 amide bonds. The summed E-state index contributed by atoms with van der Waals surface area (Å²) in [6.45, 7) is 1.98. The van der Waals surface area contributed by atoms with Gasteiger partial charge in [-0.25, -0.2) is 4.79 Å². The summed E-state index contributed by atoms with van der Waals surface area (Å²) in [6.07, 6.45) is 1.11. The predicted molar refractivity (Wildman–Crippen MR) is 120 cm³/mol. The van der Waals surface area contributed by atoms with Gasteiger partial charge in [0, 0.05) is 41.9 Å². The molecule has 0 aromatic heterocycles. The van der Waals surface area contributed by atoms with E-state index in [-0.39, 0.29) is 42.1 Å². The van der Waals surface area contributed by atoms with Crippen LogP contribution in [-0.2, 0) is 9.53 Å². The summed E-state index contributed by atoms with van der Waals surface area (Å²) in [5.74, 6) is -1.76. The van der Waals surface area contributed by atoms with Crippen molar-refractivity contribution in [3.8, 4) is 0 Å². The third kappa shape index (κ3) is 7.65. The molecule has 0 heterocycles. The largest absolute Gasteiger partial charge is 0.464 e. The molecule has 1 atom stereocenters. The van der Waals surface area contributed by atoms with Crippen LogP contribution in [0.1, 0.15) is 46.9 Å². The van der Waals surface area contributed by atoms with Gasteiger partial charge in [-0.2, -0.15) is 0 Å². The topological polar surface area (TPSA) is 171 Å². The lowest BCUT2D eigenvalue weighted by atomic mass is 10.1. The van der Waals surface area contributed by atoms with Crippen LogP contribution in [-0.4, -0.2) is 46.8 Å². The Labute approximate surface area is 194 Å². The van der Waals surface area contributed by atoms with Crippen molar-refractivity contribution in [2.45, 2.75) is 32.2 Å². The maximum atomic E-state index is 12.5. The van der Waals surface area contributed by atoms with E-state index in [0.717, 1.165) is 6.07 Å². The molecule has 0 radical (unpaired) electrons. The number of nitro benzene ring substituents is 2. The maximum absolute atomic E-state index is 12.5. The van der Waals surface area contributed by atoms with E-state index in [1.807, 2.05) is 0 Å². The number of nitrogens with one attached hydrogen (secondary N) is 2. The Hall–Kier alpha value is -4.35. The Bertz CT molecular complexity index is 1070. The number of amides is 2. The molecule has 12 nitrogen and oxygen atoms in total. The van der Waals surface area contributed by atoms with E-state index in [9.17, 15) is 34.6 Å². The van der Waals surface area contributed by atoms with Gasteiger partial charge < -0.3 is 15.4 Å². The van der Waals surface area contributed by atoms with Crippen molar-refractivity contribution in [3.05, 3.63) is 79.9 Å². The van der Waals surface area contributed by atoms with Crippen LogP contribution in [0.15, 0.2) is 48.5 Å². The predicted octanol–water partition coefficient (Wildman–Crippen LogP) is 2.76. The zero-order chi connectivity index (χ0) is 25.1. The Morgan fingerprint density at radius 1 is 0.912 bits per heavy atom. The van der Waals surface area contributed by atoms with Gasteiger partial charge in [-0.1, -0.05) is 12.1 Å². The molecule has 12 heteroatoms. The molecule has 34 heavy (non-hydrogen) atoms. The quantitative estimate of drug-likeness (QED) is 0.205. The lowest BCUT2D eigenvalue weighted by Gasteiger charge is -2.17. The van der Waals surface area contributed by atoms with Crippen molar-refractivity contribution < 1.29 is 29.0 Å². The molecular weight excluding hydrogens is 448 g/mol. The molecule has 2 N–H and O–H groups in total. The van der Waals surface area contributed by atoms with Gasteiger partial charge in [-0.3, -0.25) is 29.8 Å². The smallest absolute Gasteiger partial charge is 0.328 e. The van der Waals surface area contributed by atoms with Crippen LogP contribution in [0.25, 0.3) is 0 Å². The van der Waals surface area contributed by atoms with E-state index in [4.69, 9.17) is 4.74 Å². The fourth-order valence-electron chi connectivity index (χ4n) is 3.03. The molecule has 2 aromatic carbocycles. The monoisotopic (exact) mass is 472 g/mol. The van der Waals surface area contributed by atoms with Crippen LogP contribution in [0.2, 0.25) is 0 Å². The van der Waals surface area contributed by atoms with Gasteiger partial charge in [0.2, 0.25) is 0 Å². The second kappa shape index (κ2) is 12.6. The zero-order valence-electron chi connectivity index (χ0n) is 18.4. The third-order valence-corrected chi connectivity index (χ3v) is 4.72. The molecule has 2 rings (SSSR count). The highest BCUT2D eigenvalue weighted by molar-refractivity contribution is 5.97. The Morgan fingerprint density at radius 2 is 1.47 bits per heavy atom. The third-order valence-electron chi connectivity index (χ3n) is 4.72. The molecular formula is C22H24N4O8. The first-order valence-corrected chi connectivity index (χ1v) is 10.5. The number of esters is 1. The van der Waals surface area contributed by atoms with Crippen LogP contribution < -0.4 is 10.6 Å². The molecule has 0 aliphatic rings. The standard InChI is InChI=1S/C22H24N4O8/c1-2-34-22(29)19(24-21(28)16-8-6-10-18(14-16)26(32)33)11-3-4-12-23-20(27)15-7-5-9-17(13-15)25(30)31/h5-10,13-14,19H,2-4,11-12H2,1H3,(H,23,27)(H,24,28)/t19-/m0/s1. The van der Waals surface area contributed by atoms with Crippen LogP contribution >= 0.6 is 0 Å². The first-order valence-electron chi connectivity index (χ1n) is 10.5. The van der Waals surface area contributed by atoms with Gasteiger partial charge in [-0.15, -0.1) is 0 Å². The minimum atomic E-state index is -0.973. The fourth-order valence-corrected chi connectivity index (χ4v) is 3.03. The second-order valence-electron chi connectivity index (χ2n) is 7.14. The highest BCUT2D eigenvalue weighted by Crippen LogP contribution is 2.15. The number of rotatable bonds is 12. The lowest BCUT2D eigenvalue weighted by Crippen LogP contribution is -2.42. The Kier molecular flexibility index (Phi) is 9.62. The summed E-state index contributed by atoms with van der Waals surface area (Å²) >= 11 is 0. The fraction of sp³-hybridized carbons (Fsp3) is 0.318. The summed E-state index contributed by atoms with van der Waals surface area (Å²) in [5.41, 5.74) is -0.250. The number of nitrogens with zero attached hydrogens (tertiary/aromatic N) is 2. The van der Waals surface area contributed by atoms with E-state index in [2.05, 4.69) is 10.6 Å². The summed E-state index contributed by atoms with van der Waals surface area (Å²) in [6, 6.07) is 9.50. The second-order valence-corrected chi connectivity index (χ2v) is 7.14. The van der Waals surface area contributed by atoms with Crippen molar-refractivity contribution in [2.24, 2.45) is 0 Å². The van der Waals surface area contributed by atoms with Gasteiger partial charge in [0.15, 0.2) is 0 Å². The van der Waals surface area contributed by atoms with Crippen molar-refractivity contribution in [1.29, 1.82) is 0 Å². The number of carbonyl (C=O) groups excluding carboxylic acids is 3. The van der Waals surface area contributed by atoms with Crippen molar-refractivity contribution in [1.82, 2.24) is 10.6 Å². The maximum Gasteiger partial charge on any atom is 0.328 e. The minimum Gasteiger partial charge on any atom is -0.464 e. The lowest BCUT2D eigenvalue weighted by molar-refractivity contribution is -0.385. The van der Waals surface area contributed by atoms with E-state index in [0.29, 0.717) is 12.8 Å². The van der Waals surface area contributed by atoms with Gasteiger partial charge in [0.25, 0.3) is 23.2 Å². The van der Waals surface area contributed by atoms with Gasteiger partial charge in [0.1, 0.15) is 6.04 Å². The summed E-state index contributed by atoms with van der Waals surface area (Å²) in [5, 5.41) is 26.9. The first kappa shape index (κ1) is 25.9. The summed E-state index contributed by atoms with van der Waals surface area (Å²) in [4.78, 5) is 57.5. The van der Waals surface area contributed by atoms with Gasteiger partial charge in [-0.05, 0) is 38.3 Å². The average molecular weight is 472 g/mol. The highest BCUT2D eigenvalue weighted by atomic mass is 16.6. The number of ether oxygens (including phenoxy) is 1. The molecule has 0 saturated carbocycles. The van der Waals surface area contributed by atoms with Gasteiger partial charge in [0.05, 0.1) is 16.5 Å². The number of hydrogen-bond acceptors (Lipinski definition) is 8. The average Bonchev–Trinajstić information content (AvgIpc) is 2.83. The molecule has 0 saturated heterocycles. The molecule has 180 valence electrons. The van der Waals surface area contributed by atoms with E-state index in [1.165, 1.54) is 42.5 Å². The number of carbonyl (C=O) groups is 3. The van der Waals surface area contributed by atoms with Crippen molar-refractivity contribution in [2.75, 3.05) is 13.2 Å². The number of benzene rings is 2. The van der Waals surface area contributed by atoms with Crippen LogP contribution in [0.5, 0.6) is 0 Å². The van der Waals surface area contributed by atoms with E-state index >= 15 is 0 Å². The van der Waals surface area contributed by atoms with Crippen molar-refractivity contribution >= 4 is 29.2 Å². The van der Waals surface area contributed by atoms with E-state index < -0.39 is 33.7 Å². The number of hydrogen-bond donors (Lipinski definition) is 2. The normalized spacial score (nSPS) is 11.2. The Balaban J connectivity index is 1.89. The number of non-ortho nitro benzene ring substituents is 2. The highest BCUT2D eigenvalue weighted by Gasteiger charge is 2.23. The van der Waals surface area contributed by atoms with Crippen molar-refractivity contribution in [3.63, 3.8) is 0 Å². The SMILES string of the molecule is CCOC(=O)[C@H](CCCCNC(=O)c1cccc([N+](=O)[O-])c1)NC(=O)c1cccc([N+](=O)[O-])c1. The first-order chi connectivity index (χ1) is 16.2. The summed E-state index contributed by atoms with van der Waals surface area (Å²) in [7, 11) is 0. The van der Waals surface area contributed by atoms with E-state index in [1.54, 1.807) is 6.92 Å².